The third-order valence-corrected chi connectivity index (χ3v) is 9.17. The van der Waals surface area contributed by atoms with Crippen molar-refractivity contribution in [1.29, 1.82) is 0 Å². The summed E-state index contributed by atoms with van der Waals surface area (Å²) in [5.74, 6) is -2.36. The quantitative estimate of drug-likeness (QED) is 0.348. The zero-order chi connectivity index (χ0) is 18.0. The Hall–Kier alpha value is -1.24. The molecule has 0 saturated carbocycles. The second-order valence-electron chi connectivity index (χ2n) is 7.41. The first-order chi connectivity index (χ1) is 10.4. The number of carbonyl (C=O) groups excluding carboxylic acids is 2. The van der Waals surface area contributed by atoms with Crippen LogP contribution in [0.2, 0.25) is 18.1 Å². The monoisotopic (exact) mass is 340 g/mol. The molecular formula is C17H28O5Si. The van der Waals surface area contributed by atoms with E-state index in [2.05, 4.69) is 40.4 Å². The molecule has 1 rings (SSSR count). The lowest BCUT2D eigenvalue weighted by atomic mass is 9.99. The van der Waals surface area contributed by atoms with Crippen LogP contribution >= 0.6 is 0 Å². The molecule has 0 unspecified atom stereocenters. The molecule has 1 aliphatic rings. The molecule has 0 bridgehead atoms. The molecule has 0 aliphatic heterocycles. The summed E-state index contributed by atoms with van der Waals surface area (Å²) in [6.07, 6.45) is 1.12. The molecule has 0 fully saturated rings. The summed E-state index contributed by atoms with van der Waals surface area (Å²) in [7, 11) is -2.05. The lowest BCUT2D eigenvalue weighted by molar-refractivity contribution is -0.152. The highest BCUT2D eigenvalue weighted by molar-refractivity contribution is 6.74. The molecule has 0 aromatic carbocycles. The second-order valence-corrected chi connectivity index (χ2v) is 12.2. The number of carbonyl (C=O) groups is 2. The van der Waals surface area contributed by atoms with E-state index in [0.29, 0.717) is 5.57 Å². The molecule has 0 aromatic rings. The van der Waals surface area contributed by atoms with E-state index >= 15 is 0 Å². The summed E-state index contributed by atoms with van der Waals surface area (Å²) < 4.78 is 11.1. The van der Waals surface area contributed by atoms with Gasteiger partial charge >= 0.3 is 5.97 Å². The van der Waals surface area contributed by atoms with Gasteiger partial charge in [-0.2, -0.15) is 0 Å². The fourth-order valence-electron chi connectivity index (χ4n) is 2.21. The third kappa shape index (κ3) is 4.40. The average molecular weight is 340 g/mol. The van der Waals surface area contributed by atoms with Gasteiger partial charge in [0.2, 0.25) is 0 Å². The number of allylic oxidation sites excluding steroid dienone is 1. The minimum atomic E-state index is -2.05. The molecule has 1 aliphatic carbocycles. The zero-order valence-electron chi connectivity index (χ0n) is 14.9. The average Bonchev–Trinajstić information content (AvgIpc) is 2.69. The third-order valence-electron chi connectivity index (χ3n) is 4.62. The van der Waals surface area contributed by atoms with Crippen molar-refractivity contribution in [2.75, 3.05) is 6.61 Å². The normalized spacial score (nSPS) is 23.4. The molecule has 1 N–H and O–H groups in total. The van der Waals surface area contributed by atoms with Crippen molar-refractivity contribution < 1.29 is 23.9 Å². The van der Waals surface area contributed by atoms with Gasteiger partial charge in [-0.3, -0.25) is 9.59 Å². The Morgan fingerprint density at radius 3 is 2.52 bits per heavy atom. The highest BCUT2D eigenvalue weighted by Crippen LogP contribution is 2.39. The van der Waals surface area contributed by atoms with E-state index in [1.807, 2.05) is 0 Å². The summed E-state index contributed by atoms with van der Waals surface area (Å²) in [6, 6.07) is 0. The standard InChI is InChI=1S/C17H28O5Si/c1-8-9-21-16(20)14-13(18)10-12(15(14)19)11(2)22-23(6,7)17(3,4)5/h8,10-11,14-15,19H,1,9H2,2-7H3/t11-,14-,15-/m0/s1. The van der Waals surface area contributed by atoms with Crippen LogP contribution in [-0.4, -0.2) is 44.0 Å². The maximum absolute atomic E-state index is 12.1. The molecule has 0 radical (unpaired) electrons. The number of ketones is 1. The molecule has 130 valence electrons. The van der Waals surface area contributed by atoms with Crippen LogP contribution < -0.4 is 0 Å². The van der Waals surface area contributed by atoms with Crippen LogP contribution in [0.5, 0.6) is 0 Å². The molecule has 0 saturated heterocycles. The van der Waals surface area contributed by atoms with E-state index < -0.39 is 38.2 Å². The molecule has 0 spiro atoms. The number of aliphatic hydroxyl groups is 1. The number of hydrogen-bond acceptors (Lipinski definition) is 5. The summed E-state index contributed by atoms with van der Waals surface area (Å²) in [4.78, 5) is 24.0. The van der Waals surface area contributed by atoms with E-state index in [9.17, 15) is 14.7 Å². The van der Waals surface area contributed by atoms with Crippen molar-refractivity contribution in [2.24, 2.45) is 5.92 Å². The highest BCUT2D eigenvalue weighted by Gasteiger charge is 2.45. The summed E-state index contributed by atoms with van der Waals surface area (Å²) >= 11 is 0. The van der Waals surface area contributed by atoms with Crippen molar-refractivity contribution in [2.45, 2.75) is 58.0 Å². The van der Waals surface area contributed by atoms with Crippen LogP contribution in [0.25, 0.3) is 0 Å². The Kier molecular flexibility index (Phi) is 6.12. The zero-order valence-corrected chi connectivity index (χ0v) is 15.9. The van der Waals surface area contributed by atoms with Gasteiger partial charge in [-0.1, -0.05) is 33.4 Å². The first kappa shape index (κ1) is 19.8. The van der Waals surface area contributed by atoms with Gasteiger partial charge in [0.15, 0.2) is 14.1 Å². The van der Waals surface area contributed by atoms with Gasteiger partial charge in [-0.25, -0.2) is 0 Å². The van der Waals surface area contributed by atoms with Crippen LogP contribution in [-0.2, 0) is 18.8 Å². The molecule has 3 atom stereocenters. The molecular weight excluding hydrogens is 312 g/mol. The van der Waals surface area contributed by atoms with Gasteiger partial charge in [-0.05, 0) is 36.7 Å². The maximum Gasteiger partial charge on any atom is 0.320 e. The van der Waals surface area contributed by atoms with E-state index in [1.54, 1.807) is 6.92 Å². The van der Waals surface area contributed by atoms with Gasteiger partial charge in [-0.15, -0.1) is 0 Å². The number of aliphatic hydroxyl groups excluding tert-OH is 1. The van der Waals surface area contributed by atoms with Crippen molar-refractivity contribution in [3.8, 4) is 0 Å². The Morgan fingerprint density at radius 1 is 1.48 bits per heavy atom. The molecule has 0 heterocycles. The first-order valence-electron chi connectivity index (χ1n) is 7.81. The van der Waals surface area contributed by atoms with Gasteiger partial charge in [0.25, 0.3) is 0 Å². The van der Waals surface area contributed by atoms with Crippen LogP contribution in [0.1, 0.15) is 27.7 Å². The van der Waals surface area contributed by atoms with Crippen molar-refractivity contribution >= 4 is 20.1 Å². The van der Waals surface area contributed by atoms with Gasteiger partial charge in [0, 0.05) is 0 Å². The second kappa shape index (κ2) is 7.11. The summed E-state index contributed by atoms with van der Waals surface area (Å²) in [5.41, 5.74) is 0.445. The predicted octanol–water partition coefficient (Wildman–Crippen LogP) is 2.61. The topological polar surface area (TPSA) is 72.8 Å². The molecule has 0 amide bonds. The van der Waals surface area contributed by atoms with E-state index in [0.717, 1.165) is 0 Å². The first-order valence-corrected chi connectivity index (χ1v) is 10.7. The summed E-state index contributed by atoms with van der Waals surface area (Å²) in [5, 5.41) is 10.4. The van der Waals surface area contributed by atoms with E-state index in [1.165, 1.54) is 12.2 Å². The van der Waals surface area contributed by atoms with E-state index in [-0.39, 0.29) is 11.6 Å². The fraction of sp³-hybridized carbons (Fsp3) is 0.647. The Bertz CT molecular complexity index is 516. The van der Waals surface area contributed by atoms with Crippen LogP contribution in [0.4, 0.5) is 0 Å². The highest BCUT2D eigenvalue weighted by atomic mass is 28.4. The molecule has 5 nitrogen and oxygen atoms in total. The lowest BCUT2D eigenvalue weighted by Gasteiger charge is -2.39. The fourth-order valence-corrected chi connectivity index (χ4v) is 3.58. The number of hydrogen-bond donors (Lipinski definition) is 1. The smallest absolute Gasteiger partial charge is 0.320 e. The van der Waals surface area contributed by atoms with Gasteiger partial charge in [0.05, 0.1) is 12.2 Å². The largest absolute Gasteiger partial charge is 0.461 e. The van der Waals surface area contributed by atoms with Gasteiger partial charge in [0.1, 0.15) is 12.5 Å². The van der Waals surface area contributed by atoms with Gasteiger partial charge < -0.3 is 14.3 Å². The Morgan fingerprint density at radius 2 is 2.04 bits per heavy atom. The minimum absolute atomic E-state index is 0.0116. The van der Waals surface area contributed by atoms with Crippen LogP contribution in [0.3, 0.4) is 0 Å². The number of esters is 1. The maximum atomic E-state index is 12.1. The minimum Gasteiger partial charge on any atom is -0.461 e. The number of ether oxygens (including phenoxy) is 1. The van der Waals surface area contributed by atoms with Crippen molar-refractivity contribution in [1.82, 2.24) is 0 Å². The Labute approximate surface area is 139 Å². The lowest BCUT2D eigenvalue weighted by Crippen LogP contribution is -2.45. The van der Waals surface area contributed by atoms with E-state index in [4.69, 9.17) is 9.16 Å². The van der Waals surface area contributed by atoms with Crippen LogP contribution in [0.15, 0.2) is 24.3 Å². The molecule has 6 heteroatoms. The van der Waals surface area contributed by atoms with Crippen molar-refractivity contribution in [3.63, 3.8) is 0 Å². The summed E-state index contributed by atoms with van der Waals surface area (Å²) in [6.45, 7) is 15.8. The predicted molar refractivity (Wildman–Crippen MR) is 91.5 cm³/mol. The van der Waals surface area contributed by atoms with Crippen molar-refractivity contribution in [3.05, 3.63) is 24.3 Å². The SMILES string of the molecule is C=CCOC(=O)[C@H]1C(=O)C=C([C@H](C)O[Si](C)(C)C(C)(C)C)[C@@H]1O. The molecule has 0 aromatic heterocycles. The number of rotatable bonds is 6. The molecule has 23 heavy (non-hydrogen) atoms. The van der Waals surface area contributed by atoms with Crippen LogP contribution in [0, 0.1) is 5.92 Å². The Balaban J connectivity index is 2.86.